The van der Waals surface area contributed by atoms with E-state index < -0.39 is 0 Å². The van der Waals surface area contributed by atoms with Crippen LogP contribution < -0.4 is 4.74 Å². The van der Waals surface area contributed by atoms with Crippen LogP contribution in [-0.2, 0) is 22.6 Å². The molecule has 33 heavy (non-hydrogen) atoms. The molecule has 4 aromatic rings. The highest BCUT2D eigenvalue weighted by molar-refractivity contribution is 6.36. The molecule has 0 spiro atoms. The number of benzene rings is 3. The first kappa shape index (κ1) is 23.3. The molecule has 0 radical (unpaired) electrons. The molecule has 0 amide bonds. The van der Waals surface area contributed by atoms with Crippen LogP contribution in [0.3, 0.4) is 0 Å². The van der Waals surface area contributed by atoms with Crippen molar-refractivity contribution in [3.05, 3.63) is 87.0 Å². The molecule has 0 aliphatic rings. The maximum Gasteiger partial charge on any atom is 0.310 e. The number of aromatic hydroxyl groups is 1. The van der Waals surface area contributed by atoms with E-state index in [1.165, 1.54) is 0 Å². The molecule has 0 bridgehead atoms. The highest BCUT2D eigenvalue weighted by atomic mass is 35.5. The zero-order chi connectivity index (χ0) is 23.5. The largest absolute Gasteiger partial charge is 0.494 e. The van der Waals surface area contributed by atoms with Gasteiger partial charge in [0.2, 0.25) is 5.88 Å². The fraction of sp³-hybridized carbons (Fsp3) is 0.160. The molecule has 5 nitrogen and oxygen atoms in total. The van der Waals surface area contributed by atoms with E-state index in [0.29, 0.717) is 56.1 Å². The molecule has 0 aliphatic heterocycles. The summed E-state index contributed by atoms with van der Waals surface area (Å²) in [7, 11) is 0. The summed E-state index contributed by atoms with van der Waals surface area (Å²) >= 11 is 18.9. The molecule has 0 atom stereocenters. The standard InChI is InChI=1S/C25H20Cl3NO4/c1-2-32-23(30)12-15-6-8-21(20(28)11-15)29-13-18-22(9-7-19(27)24(18)25(29)31)33-14-16-4-3-5-17(26)10-16/h3-11,13,31H,2,12,14H2,1H3. The Balaban J connectivity index is 1.68. The zero-order valence-corrected chi connectivity index (χ0v) is 19.9. The number of hydrogen-bond donors (Lipinski definition) is 1. The van der Waals surface area contributed by atoms with Gasteiger partial charge in [-0.3, -0.25) is 9.36 Å². The molecule has 1 aromatic heterocycles. The van der Waals surface area contributed by atoms with Crippen molar-refractivity contribution in [2.24, 2.45) is 0 Å². The van der Waals surface area contributed by atoms with Crippen molar-refractivity contribution in [2.45, 2.75) is 20.0 Å². The summed E-state index contributed by atoms with van der Waals surface area (Å²) in [5.41, 5.74) is 2.16. The van der Waals surface area contributed by atoms with Crippen molar-refractivity contribution >= 4 is 51.5 Å². The van der Waals surface area contributed by atoms with Crippen molar-refractivity contribution < 1.29 is 19.4 Å². The van der Waals surface area contributed by atoms with Crippen LogP contribution in [0.1, 0.15) is 18.1 Å². The Morgan fingerprint density at radius 1 is 1.00 bits per heavy atom. The first-order chi connectivity index (χ1) is 15.9. The number of carbonyl (C=O) groups excluding carboxylic acids is 1. The van der Waals surface area contributed by atoms with Crippen molar-refractivity contribution in [1.82, 2.24) is 4.57 Å². The number of halogens is 3. The highest BCUT2D eigenvalue weighted by Crippen LogP contribution is 2.41. The lowest BCUT2D eigenvalue weighted by Crippen LogP contribution is -2.07. The number of rotatable bonds is 7. The Hall–Kier alpha value is -2.86. The van der Waals surface area contributed by atoms with Crippen LogP contribution >= 0.6 is 34.8 Å². The third-order valence-electron chi connectivity index (χ3n) is 5.07. The SMILES string of the molecule is CCOC(=O)Cc1ccc(-n2cc3c(OCc4cccc(Cl)c4)ccc(Cl)c3c2O)c(Cl)c1. The lowest BCUT2D eigenvalue weighted by Gasteiger charge is -2.09. The molecular formula is C25H20Cl3NO4. The number of hydrogen-bond acceptors (Lipinski definition) is 4. The van der Waals surface area contributed by atoms with Gasteiger partial charge in [0, 0.05) is 16.6 Å². The van der Waals surface area contributed by atoms with Gasteiger partial charge in [-0.25, -0.2) is 0 Å². The van der Waals surface area contributed by atoms with Gasteiger partial charge in [0.05, 0.1) is 34.1 Å². The molecule has 8 heteroatoms. The van der Waals surface area contributed by atoms with Gasteiger partial charge >= 0.3 is 5.97 Å². The van der Waals surface area contributed by atoms with Crippen LogP contribution in [0.15, 0.2) is 60.8 Å². The monoisotopic (exact) mass is 503 g/mol. The summed E-state index contributed by atoms with van der Waals surface area (Å²) in [6, 6.07) is 16.0. The lowest BCUT2D eigenvalue weighted by molar-refractivity contribution is -0.142. The van der Waals surface area contributed by atoms with E-state index in [1.807, 2.05) is 18.2 Å². The second-order valence-corrected chi connectivity index (χ2v) is 8.59. The van der Waals surface area contributed by atoms with E-state index in [-0.39, 0.29) is 18.3 Å². The minimum atomic E-state index is -0.329. The minimum Gasteiger partial charge on any atom is -0.494 e. The molecular weight excluding hydrogens is 485 g/mol. The maximum atomic E-state index is 11.8. The molecule has 170 valence electrons. The van der Waals surface area contributed by atoms with Crippen LogP contribution in [0.5, 0.6) is 11.6 Å². The van der Waals surface area contributed by atoms with Gasteiger partial charge in [-0.1, -0.05) is 53.0 Å². The van der Waals surface area contributed by atoms with Crippen LogP contribution in [-0.4, -0.2) is 22.2 Å². The topological polar surface area (TPSA) is 60.7 Å². The molecule has 0 saturated carbocycles. The summed E-state index contributed by atoms with van der Waals surface area (Å²) in [5.74, 6) is 0.158. The maximum absolute atomic E-state index is 11.8. The van der Waals surface area contributed by atoms with Crippen LogP contribution in [0.25, 0.3) is 16.5 Å². The molecule has 4 rings (SSSR count). The molecule has 0 saturated heterocycles. The second kappa shape index (κ2) is 9.96. The smallest absolute Gasteiger partial charge is 0.310 e. The van der Waals surface area contributed by atoms with Crippen LogP contribution in [0, 0.1) is 0 Å². The predicted molar refractivity (Wildman–Crippen MR) is 131 cm³/mol. The number of esters is 1. The molecule has 0 aliphatic carbocycles. The van der Waals surface area contributed by atoms with Crippen LogP contribution in [0.4, 0.5) is 0 Å². The second-order valence-electron chi connectivity index (χ2n) is 7.34. The van der Waals surface area contributed by atoms with E-state index in [2.05, 4.69) is 0 Å². The van der Waals surface area contributed by atoms with E-state index >= 15 is 0 Å². The number of nitrogens with zero attached hydrogens (tertiary/aromatic N) is 1. The van der Waals surface area contributed by atoms with Crippen molar-refractivity contribution in [1.29, 1.82) is 0 Å². The van der Waals surface area contributed by atoms with Crippen LogP contribution in [0.2, 0.25) is 15.1 Å². The molecule has 0 unspecified atom stereocenters. The minimum absolute atomic E-state index is 0.0664. The lowest BCUT2D eigenvalue weighted by atomic mass is 10.1. The fourth-order valence-corrected chi connectivity index (χ4v) is 4.33. The molecule has 1 N–H and O–H groups in total. The summed E-state index contributed by atoms with van der Waals surface area (Å²) < 4.78 is 12.5. The van der Waals surface area contributed by atoms with Crippen molar-refractivity contribution in [2.75, 3.05) is 6.61 Å². The first-order valence-electron chi connectivity index (χ1n) is 10.2. The molecule has 1 heterocycles. The van der Waals surface area contributed by atoms with Gasteiger partial charge in [-0.05, 0) is 54.4 Å². The number of fused-ring (bicyclic) bond motifs is 1. The van der Waals surface area contributed by atoms with Gasteiger partial charge in [0.25, 0.3) is 0 Å². The Morgan fingerprint density at radius 3 is 2.55 bits per heavy atom. The van der Waals surface area contributed by atoms with E-state index in [4.69, 9.17) is 44.3 Å². The number of aromatic nitrogens is 1. The Kier molecular flexibility index (Phi) is 7.03. The predicted octanol–water partition coefficient (Wildman–Crippen LogP) is 6.98. The third kappa shape index (κ3) is 5.06. The zero-order valence-electron chi connectivity index (χ0n) is 17.6. The Morgan fingerprint density at radius 2 is 1.82 bits per heavy atom. The normalized spacial score (nSPS) is 11.0. The summed E-state index contributed by atoms with van der Waals surface area (Å²) in [6.07, 6.45) is 1.83. The molecule has 0 fully saturated rings. The van der Waals surface area contributed by atoms with Crippen molar-refractivity contribution in [3.63, 3.8) is 0 Å². The first-order valence-corrected chi connectivity index (χ1v) is 11.3. The molecule has 3 aromatic carbocycles. The Bertz CT molecular complexity index is 1330. The average molecular weight is 505 g/mol. The average Bonchev–Trinajstić information content (AvgIpc) is 3.11. The van der Waals surface area contributed by atoms with Gasteiger partial charge < -0.3 is 14.6 Å². The van der Waals surface area contributed by atoms with Gasteiger partial charge in [-0.2, -0.15) is 0 Å². The van der Waals surface area contributed by atoms with Gasteiger partial charge in [-0.15, -0.1) is 0 Å². The van der Waals surface area contributed by atoms with E-state index in [0.717, 1.165) is 5.56 Å². The third-order valence-corrected chi connectivity index (χ3v) is 5.93. The summed E-state index contributed by atoms with van der Waals surface area (Å²) in [6.45, 7) is 2.37. The van der Waals surface area contributed by atoms with Gasteiger partial charge in [0.15, 0.2) is 0 Å². The van der Waals surface area contributed by atoms with E-state index in [1.54, 1.807) is 54.1 Å². The Labute approximate surface area is 206 Å². The highest BCUT2D eigenvalue weighted by Gasteiger charge is 2.19. The van der Waals surface area contributed by atoms with E-state index in [9.17, 15) is 9.90 Å². The fourth-order valence-electron chi connectivity index (χ4n) is 3.57. The van der Waals surface area contributed by atoms with Crippen molar-refractivity contribution in [3.8, 4) is 17.3 Å². The number of ether oxygens (including phenoxy) is 2. The van der Waals surface area contributed by atoms with Gasteiger partial charge in [0.1, 0.15) is 12.4 Å². The number of carbonyl (C=O) groups is 1. The summed E-state index contributed by atoms with van der Waals surface area (Å²) in [4.78, 5) is 11.8. The quantitative estimate of drug-likeness (QED) is 0.276. The summed E-state index contributed by atoms with van der Waals surface area (Å²) in [5, 5.41) is 13.4.